The lowest BCUT2D eigenvalue weighted by molar-refractivity contribution is -0.148. The van der Waals surface area contributed by atoms with E-state index in [1.807, 2.05) is 60.7 Å². The van der Waals surface area contributed by atoms with Crippen LogP contribution in [0.4, 0.5) is 0 Å². The van der Waals surface area contributed by atoms with Crippen molar-refractivity contribution in [2.75, 3.05) is 0 Å². The fourth-order valence-electron chi connectivity index (χ4n) is 3.20. The van der Waals surface area contributed by atoms with Crippen LogP contribution in [-0.4, -0.2) is 15.9 Å². The number of aromatic nitrogens is 2. The fourth-order valence-corrected chi connectivity index (χ4v) is 3.20. The first-order valence-corrected chi connectivity index (χ1v) is 9.43. The lowest BCUT2D eigenvalue weighted by Gasteiger charge is -2.13. The number of hydrogen-bond acceptors (Lipinski definition) is 4. The van der Waals surface area contributed by atoms with Crippen molar-refractivity contribution < 1.29 is 9.53 Å². The Morgan fingerprint density at radius 2 is 1.59 bits per heavy atom. The molecule has 1 N–H and O–H groups in total. The Balaban J connectivity index is 1.44. The van der Waals surface area contributed by atoms with Crippen LogP contribution in [-0.2, 0) is 16.0 Å². The van der Waals surface area contributed by atoms with Crippen LogP contribution >= 0.6 is 0 Å². The van der Waals surface area contributed by atoms with Crippen LogP contribution in [0.15, 0.2) is 83.7 Å². The Kier molecular flexibility index (Phi) is 5.20. The molecule has 5 heteroatoms. The Hall–Kier alpha value is -3.73. The zero-order valence-electron chi connectivity index (χ0n) is 16.0. The topological polar surface area (TPSA) is 72.0 Å². The molecule has 0 aliphatic heterocycles. The van der Waals surface area contributed by atoms with Gasteiger partial charge in [0.05, 0.1) is 17.3 Å². The SMILES string of the molecule is C[C@@H](OC(=O)Cc1ccc(-c2ccccc2)cc1)c1nc2ccccc2c(=O)[nH]1. The summed E-state index contributed by atoms with van der Waals surface area (Å²) in [5.74, 6) is -0.0396. The number of H-pyrrole nitrogens is 1. The highest BCUT2D eigenvalue weighted by atomic mass is 16.5. The number of fused-ring (bicyclic) bond motifs is 1. The van der Waals surface area contributed by atoms with Gasteiger partial charge in [-0.1, -0.05) is 66.7 Å². The molecule has 0 saturated heterocycles. The number of nitrogens with one attached hydrogen (secondary N) is 1. The van der Waals surface area contributed by atoms with Gasteiger partial charge in [-0.3, -0.25) is 9.59 Å². The third-order valence-corrected chi connectivity index (χ3v) is 4.73. The number of ether oxygens (including phenoxy) is 1. The zero-order chi connectivity index (χ0) is 20.2. The van der Waals surface area contributed by atoms with Crippen LogP contribution in [0, 0.1) is 0 Å². The standard InChI is InChI=1S/C24H20N2O3/c1-16(23-25-21-10-6-5-9-20(21)24(28)26-23)29-22(27)15-17-11-13-19(14-12-17)18-7-3-2-4-8-18/h2-14,16H,15H2,1H3,(H,25,26,28)/t16-/m1/s1. The molecule has 3 aromatic carbocycles. The molecule has 0 fully saturated rings. The van der Waals surface area contributed by atoms with E-state index in [1.165, 1.54) is 0 Å². The molecule has 1 heterocycles. The molecule has 1 aromatic heterocycles. The monoisotopic (exact) mass is 384 g/mol. The number of para-hydroxylation sites is 1. The fraction of sp³-hybridized carbons (Fsp3) is 0.125. The van der Waals surface area contributed by atoms with Crippen molar-refractivity contribution in [1.82, 2.24) is 9.97 Å². The minimum absolute atomic E-state index is 0.150. The lowest BCUT2D eigenvalue weighted by atomic mass is 10.0. The Bertz CT molecular complexity index is 1200. The zero-order valence-corrected chi connectivity index (χ0v) is 16.0. The van der Waals surface area contributed by atoms with Crippen LogP contribution in [0.5, 0.6) is 0 Å². The molecule has 0 aliphatic carbocycles. The van der Waals surface area contributed by atoms with E-state index in [9.17, 15) is 9.59 Å². The Morgan fingerprint density at radius 1 is 0.931 bits per heavy atom. The largest absolute Gasteiger partial charge is 0.454 e. The molecule has 0 saturated carbocycles. The van der Waals surface area contributed by atoms with Gasteiger partial charge in [-0.05, 0) is 35.7 Å². The molecule has 4 rings (SSSR count). The molecule has 4 aromatic rings. The Morgan fingerprint density at radius 3 is 2.34 bits per heavy atom. The van der Waals surface area contributed by atoms with E-state index in [2.05, 4.69) is 9.97 Å². The van der Waals surface area contributed by atoms with Crippen molar-refractivity contribution in [3.05, 3.63) is 101 Å². The molecule has 144 valence electrons. The third-order valence-electron chi connectivity index (χ3n) is 4.73. The predicted molar refractivity (Wildman–Crippen MR) is 112 cm³/mol. The van der Waals surface area contributed by atoms with Crippen LogP contribution in [0.1, 0.15) is 24.4 Å². The summed E-state index contributed by atoms with van der Waals surface area (Å²) >= 11 is 0. The van der Waals surface area contributed by atoms with Crippen molar-refractivity contribution in [1.29, 1.82) is 0 Å². The van der Waals surface area contributed by atoms with E-state index in [-0.39, 0.29) is 17.9 Å². The van der Waals surface area contributed by atoms with Crippen molar-refractivity contribution in [2.24, 2.45) is 0 Å². The second-order valence-electron chi connectivity index (χ2n) is 6.84. The quantitative estimate of drug-likeness (QED) is 0.517. The van der Waals surface area contributed by atoms with E-state index in [0.717, 1.165) is 16.7 Å². The second-order valence-corrected chi connectivity index (χ2v) is 6.84. The highest BCUT2D eigenvalue weighted by Gasteiger charge is 2.16. The van der Waals surface area contributed by atoms with Gasteiger partial charge in [0, 0.05) is 0 Å². The summed E-state index contributed by atoms with van der Waals surface area (Å²) in [6.07, 6.45) is -0.500. The van der Waals surface area contributed by atoms with Gasteiger partial charge in [0.15, 0.2) is 11.9 Å². The van der Waals surface area contributed by atoms with Crippen LogP contribution < -0.4 is 5.56 Å². The number of esters is 1. The number of aromatic amines is 1. The van der Waals surface area contributed by atoms with Crippen molar-refractivity contribution in [2.45, 2.75) is 19.4 Å². The smallest absolute Gasteiger partial charge is 0.310 e. The lowest BCUT2D eigenvalue weighted by Crippen LogP contribution is -2.18. The average molecular weight is 384 g/mol. The molecule has 0 radical (unpaired) electrons. The van der Waals surface area contributed by atoms with Crippen LogP contribution in [0.3, 0.4) is 0 Å². The van der Waals surface area contributed by atoms with Crippen molar-refractivity contribution in [3.8, 4) is 11.1 Å². The highest BCUT2D eigenvalue weighted by Crippen LogP contribution is 2.20. The number of rotatable bonds is 5. The van der Waals surface area contributed by atoms with Gasteiger partial charge >= 0.3 is 5.97 Å². The maximum absolute atomic E-state index is 12.4. The minimum atomic E-state index is -0.650. The van der Waals surface area contributed by atoms with Gasteiger partial charge in [-0.2, -0.15) is 0 Å². The number of carbonyl (C=O) groups is 1. The second kappa shape index (κ2) is 8.10. The molecule has 1 atom stereocenters. The van der Waals surface area contributed by atoms with Gasteiger partial charge in [-0.15, -0.1) is 0 Å². The summed E-state index contributed by atoms with van der Waals surface area (Å²) < 4.78 is 5.49. The van der Waals surface area contributed by atoms with Crippen LogP contribution in [0.2, 0.25) is 0 Å². The molecule has 0 bridgehead atoms. The van der Waals surface area contributed by atoms with Crippen LogP contribution in [0.25, 0.3) is 22.0 Å². The Labute approximate surface area is 168 Å². The van der Waals surface area contributed by atoms with Gasteiger partial charge in [0.1, 0.15) is 0 Å². The number of hydrogen-bond donors (Lipinski definition) is 1. The summed E-state index contributed by atoms with van der Waals surface area (Å²) in [7, 11) is 0. The highest BCUT2D eigenvalue weighted by molar-refractivity contribution is 5.77. The summed E-state index contributed by atoms with van der Waals surface area (Å²) in [6.45, 7) is 1.70. The molecule has 29 heavy (non-hydrogen) atoms. The summed E-state index contributed by atoms with van der Waals surface area (Å²) in [5, 5.41) is 0.508. The number of benzene rings is 3. The van der Waals surface area contributed by atoms with Gasteiger partial charge in [0.2, 0.25) is 0 Å². The average Bonchev–Trinajstić information content (AvgIpc) is 2.75. The summed E-state index contributed by atoms with van der Waals surface area (Å²) in [4.78, 5) is 31.7. The minimum Gasteiger partial charge on any atom is -0.454 e. The van der Waals surface area contributed by atoms with E-state index in [1.54, 1.807) is 25.1 Å². The van der Waals surface area contributed by atoms with E-state index in [0.29, 0.717) is 16.7 Å². The number of carbonyl (C=O) groups excluding carboxylic acids is 1. The molecule has 0 unspecified atom stereocenters. The van der Waals surface area contributed by atoms with Crippen molar-refractivity contribution in [3.63, 3.8) is 0 Å². The maximum Gasteiger partial charge on any atom is 0.310 e. The number of nitrogens with zero attached hydrogens (tertiary/aromatic N) is 1. The van der Waals surface area contributed by atoms with Crippen molar-refractivity contribution >= 4 is 16.9 Å². The first-order valence-electron chi connectivity index (χ1n) is 9.43. The van der Waals surface area contributed by atoms with Gasteiger partial charge in [-0.25, -0.2) is 4.98 Å². The summed E-state index contributed by atoms with van der Waals surface area (Å²) in [5.41, 5.74) is 3.41. The third kappa shape index (κ3) is 4.24. The predicted octanol–water partition coefficient (Wildman–Crippen LogP) is 4.44. The molecular formula is C24H20N2O3. The van der Waals surface area contributed by atoms with Gasteiger partial charge in [0.25, 0.3) is 5.56 Å². The molecular weight excluding hydrogens is 364 g/mol. The molecule has 5 nitrogen and oxygen atoms in total. The van der Waals surface area contributed by atoms with E-state index < -0.39 is 6.10 Å². The molecule has 0 spiro atoms. The first kappa shape index (κ1) is 18.6. The molecule has 0 aliphatic rings. The van der Waals surface area contributed by atoms with Gasteiger partial charge < -0.3 is 9.72 Å². The van der Waals surface area contributed by atoms with E-state index >= 15 is 0 Å². The normalized spacial score (nSPS) is 11.9. The first-order chi connectivity index (χ1) is 14.1. The van der Waals surface area contributed by atoms with E-state index in [4.69, 9.17) is 4.74 Å². The maximum atomic E-state index is 12.4. The summed E-state index contributed by atoms with van der Waals surface area (Å²) in [6, 6.07) is 24.9. The molecule has 0 amide bonds.